The molecule has 102 valence electrons. The number of likely N-dealkylation sites (tertiary alicyclic amines) is 1. The van der Waals surface area contributed by atoms with Gasteiger partial charge in [-0.05, 0) is 47.2 Å². The van der Waals surface area contributed by atoms with Gasteiger partial charge in [-0.3, -0.25) is 4.79 Å². The summed E-state index contributed by atoms with van der Waals surface area (Å²) in [5.41, 5.74) is 0.738. The Labute approximate surface area is 126 Å². The standard InChI is InChI=1S/C14H16INO3/c15-12-4-1-3-11(9-12)13(17)16-6-2-5-14(10-16)18-7-8-19-14/h1,3-4,9H,2,5-8,10H2. The molecule has 2 aliphatic heterocycles. The first-order chi connectivity index (χ1) is 9.19. The molecule has 0 bridgehead atoms. The average molecular weight is 373 g/mol. The largest absolute Gasteiger partial charge is 0.346 e. The second kappa shape index (κ2) is 5.38. The van der Waals surface area contributed by atoms with E-state index in [9.17, 15) is 4.79 Å². The van der Waals surface area contributed by atoms with Crippen molar-refractivity contribution in [3.63, 3.8) is 0 Å². The molecule has 0 aliphatic carbocycles. The third-order valence-electron chi connectivity index (χ3n) is 3.59. The summed E-state index contributed by atoms with van der Waals surface area (Å²) in [6.45, 7) is 2.58. The van der Waals surface area contributed by atoms with Crippen LogP contribution in [0.25, 0.3) is 0 Å². The van der Waals surface area contributed by atoms with E-state index in [4.69, 9.17) is 9.47 Å². The van der Waals surface area contributed by atoms with Crippen LogP contribution in [0, 0.1) is 3.57 Å². The van der Waals surface area contributed by atoms with Crippen LogP contribution in [0.15, 0.2) is 24.3 Å². The summed E-state index contributed by atoms with van der Waals surface area (Å²) in [5, 5.41) is 0. The molecule has 0 unspecified atom stereocenters. The molecular weight excluding hydrogens is 357 g/mol. The minimum absolute atomic E-state index is 0.0664. The molecule has 19 heavy (non-hydrogen) atoms. The minimum atomic E-state index is -0.546. The molecule has 0 atom stereocenters. The van der Waals surface area contributed by atoms with Crippen LogP contribution in [-0.2, 0) is 9.47 Å². The van der Waals surface area contributed by atoms with Crippen LogP contribution in [-0.4, -0.2) is 42.9 Å². The van der Waals surface area contributed by atoms with E-state index >= 15 is 0 Å². The number of nitrogens with zero attached hydrogens (tertiary/aromatic N) is 1. The summed E-state index contributed by atoms with van der Waals surface area (Å²) < 4.78 is 12.5. The van der Waals surface area contributed by atoms with Gasteiger partial charge < -0.3 is 14.4 Å². The van der Waals surface area contributed by atoms with E-state index in [-0.39, 0.29) is 5.91 Å². The van der Waals surface area contributed by atoms with Crippen molar-refractivity contribution in [1.82, 2.24) is 4.90 Å². The van der Waals surface area contributed by atoms with Crippen molar-refractivity contribution in [2.75, 3.05) is 26.3 Å². The Morgan fingerprint density at radius 2 is 2.11 bits per heavy atom. The average Bonchev–Trinajstić information content (AvgIpc) is 2.86. The smallest absolute Gasteiger partial charge is 0.254 e. The molecular formula is C14H16INO3. The van der Waals surface area contributed by atoms with Gasteiger partial charge in [0.2, 0.25) is 0 Å². The van der Waals surface area contributed by atoms with Crippen LogP contribution in [0.1, 0.15) is 23.2 Å². The van der Waals surface area contributed by atoms with Crippen molar-refractivity contribution < 1.29 is 14.3 Å². The first-order valence-electron chi connectivity index (χ1n) is 6.51. The fourth-order valence-corrected chi connectivity index (χ4v) is 3.24. The Balaban J connectivity index is 1.76. The van der Waals surface area contributed by atoms with Crippen molar-refractivity contribution in [2.24, 2.45) is 0 Å². The Hall–Kier alpha value is -0.660. The number of ether oxygens (including phenoxy) is 2. The van der Waals surface area contributed by atoms with Gasteiger partial charge in [0.1, 0.15) is 0 Å². The van der Waals surface area contributed by atoms with Crippen LogP contribution >= 0.6 is 22.6 Å². The minimum Gasteiger partial charge on any atom is -0.346 e. The zero-order valence-corrected chi connectivity index (χ0v) is 12.8. The van der Waals surface area contributed by atoms with Crippen molar-refractivity contribution >= 4 is 28.5 Å². The molecule has 1 aromatic rings. The number of halogens is 1. The number of hydrogen-bond acceptors (Lipinski definition) is 3. The van der Waals surface area contributed by atoms with Gasteiger partial charge in [0.25, 0.3) is 5.91 Å². The van der Waals surface area contributed by atoms with E-state index in [1.807, 2.05) is 29.2 Å². The summed E-state index contributed by atoms with van der Waals surface area (Å²) in [4.78, 5) is 14.4. The van der Waals surface area contributed by atoms with Crippen LogP contribution in [0.4, 0.5) is 0 Å². The lowest BCUT2D eigenvalue weighted by Gasteiger charge is -2.38. The maximum atomic E-state index is 12.5. The molecule has 2 aliphatic rings. The van der Waals surface area contributed by atoms with E-state index in [1.165, 1.54) is 0 Å². The van der Waals surface area contributed by atoms with Crippen molar-refractivity contribution in [3.05, 3.63) is 33.4 Å². The summed E-state index contributed by atoms with van der Waals surface area (Å²) in [5.74, 6) is -0.479. The Morgan fingerprint density at radius 1 is 1.32 bits per heavy atom. The zero-order chi connectivity index (χ0) is 13.3. The maximum absolute atomic E-state index is 12.5. The second-order valence-electron chi connectivity index (χ2n) is 4.95. The predicted octanol–water partition coefficient (Wildman–Crippen LogP) is 2.27. The fourth-order valence-electron chi connectivity index (χ4n) is 2.70. The third kappa shape index (κ3) is 2.78. The van der Waals surface area contributed by atoms with Gasteiger partial charge in [-0.25, -0.2) is 0 Å². The van der Waals surface area contributed by atoms with Gasteiger partial charge in [-0.1, -0.05) is 6.07 Å². The van der Waals surface area contributed by atoms with Crippen molar-refractivity contribution in [1.29, 1.82) is 0 Å². The molecule has 2 saturated heterocycles. The van der Waals surface area contributed by atoms with Gasteiger partial charge in [0, 0.05) is 22.1 Å². The normalized spacial score (nSPS) is 21.8. The number of benzene rings is 1. The predicted molar refractivity (Wildman–Crippen MR) is 78.9 cm³/mol. The molecule has 0 aromatic heterocycles. The highest BCUT2D eigenvalue weighted by Crippen LogP contribution is 2.30. The highest BCUT2D eigenvalue weighted by Gasteiger charge is 2.42. The molecule has 2 heterocycles. The summed E-state index contributed by atoms with van der Waals surface area (Å²) in [6, 6.07) is 7.68. The number of carbonyl (C=O) groups is 1. The van der Waals surface area contributed by atoms with E-state index in [2.05, 4.69) is 22.6 Å². The lowest BCUT2D eigenvalue weighted by Crippen LogP contribution is -2.51. The molecule has 0 saturated carbocycles. The molecule has 0 N–H and O–H groups in total. The SMILES string of the molecule is O=C(c1cccc(I)c1)N1CCCC2(C1)OCCO2. The first-order valence-corrected chi connectivity index (χ1v) is 7.59. The van der Waals surface area contributed by atoms with Crippen molar-refractivity contribution in [3.8, 4) is 0 Å². The quantitative estimate of drug-likeness (QED) is 0.709. The Morgan fingerprint density at radius 3 is 2.84 bits per heavy atom. The second-order valence-corrected chi connectivity index (χ2v) is 6.19. The van der Waals surface area contributed by atoms with Crippen LogP contribution in [0.3, 0.4) is 0 Å². The number of amides is 1. The highest BCUT2D eigenvalue weighted by atomic mass is 127. The van der Waals surface area contributed by atoms with E-state index < -0.39 is 5.79 Å². The van der Waals surface area contributed by atoms with Gasteiger partial charge in [0.15, 0.2) is 5.79 Å². The van der Waals surface area contributed by atoms with Gasteiger partial charge >= 0.3 is 0 Å². The molecule has 0 radical (unpaired) electrons. The lowest BCUT2D eigenvalue weighted by atomic mass is 10.0. The molecule has 4 nitrogen and oxygen atoms in total. The van der Waals surface area contributed by atoms with Gasteiger partial charge in [-0.2, -0.15) is 0 Å². The van der Waals surface area contributed by atoms with E-state index in [1.54, 1.807) is 0 Å². The molecule has 1 aromatic carbocycles. The monoisotopic (exact) mass is 373 g/mol. The first kappa shape index (κ1) is 13.3. The molecule has 5 heteroatoms. The maximum Gasteiger partial charge on any atom is 0.254 e. The van der Waals surface area contributed by atoms with Crippen LogP contribution < -0.4 is 0 Å². The lowest BCUT2D eigenvalue weighted by molar-refractivity contribution is -0.183. The Bertz CT molecular complexity index is 485. The highest BCUT2D eigenvalue weighted by molar-refractivity contribution is 14.1. The molecule has 2 fully saturated rings. The van der Waals surface area contributed by atoms with Crippen LogP contribution in [0.5, 0.6) is 0 Å². The van der Waals surface area contributed by atoms with Gasteiger partial charge in [0.05, 0.1) is 19.8 Å². The summed E-state index contributed by atoms with van der Waals surface area (Å²) in [7, 11) is 0. The number of carbonyl (C=O) groups excluding carboxylic acids is 1. The number of piperidine rings is 1. The van der Waals surface area contributed by atoms with E-state index in [0.29, 0.717) is 19.8 Å². The summed E-state index contributed by atoms with van der Waals surface area (Å²) >= 11 is 2.22. The fraction of sp³-hybridized carbons (Fsp3) is 0.500. The van der Waals surface area contributed by atoms with Crippen molar-refractivity contribution in [2.45, 2.75) is 18.6 Å². The van der Waals surface area contributed by atoms with Crippen LogP contribution in [0.2, 0.25) is 0 Å². The van der Waals surface area contributed by atoms with Gasteiger partial charge in [-0.15, -0.1) is 0 Å². The topological polar surface area (TPSA) is 38.8 Å². The molecule has 1 spiro atoms. The van der Waals surface area contributed by atoms with E-state index in [0.717, 1.165) is 28.5 Å². The Kier molecular flexibility index (Phi) is 3.77. The molecule has 1 amide bonds. The number of hydrogen-bond donors (Lipinski definition) is 0. The molecule has 3 rings (SSSR count). The number of rotatable bonds is 1. The third-order valence-corrected chi connectivity index (χ3v) is 4.26. The summed E-state index contributed by atoms with van der Waals surface area (Å²) in [6.07, 6.45) is 1.80. The zero-order valence-electron chi connectivity index (χ0n) is 10.6.